The second-order valence-electron chi connectivity index (χ2n) is 18.2. The first-order chi connectivity index (χ1) is 27.8. The van der Waals surface area contributed by atoms with E-state index in [1.165, 1.54) is 167 Å². The van der Waals surface area contributed by atoms with Crippen LogP contribution in [-0.2, 0) is 28.6 Å². The monoisotopic (exact) mass is 807 g/mol. The highest BCUT2D eigenvalue weighted by Crippen LogP contribution is 2.18. The zero-order valence-corrected chi connectivity index (χ0v) is 39.0. The number of ether oxygens (including phenoxy) is 3. The van der Waals surface area contributed by atoms with Gasteiger partial charge in [-0.2, -0.15) is 0 Å². The van der Waals surface area contributed by atoms with Gasteiger partial charge in [0.2, 0.25) is 0 Å². The predicted molar refractivity (Wildman–Crippen MR) is 243 cm³/mol. The summed E-state index contributed by atoms with van der Waals surface area (Å²) in [5.41, 5.74) is 0. The van der Waals surface area contributed by atoms with Crippen molar-refractivity contribution in [1.29, 1.82) is 0 Å². The fourth-order valence-electron chi connectivity index (χ4n) is 7.60. The minimum absolute atomic E-state index is 0.0644. The average Bonchev–Trinajstić information content (AvgIpc) is 3.19. The zero-order valence-electron chi connectivity index (χ0n) is 39.0. The Kier molecular flexibility index (Phi) is 42.7. The molecule has 0 saturated heterocycles. The maximum atomic E-state index is 12.6. The lowest BCUT2D eigenvalue weighted by molar-refractivity contribution is -0.167. The highest BCUT2D eigenvalue weighted by molar-refractivity contribution is 5.71. The second kappa shape index (κ2) is 44.0. The van der Waals surface area contributed by atoms with E-state index in [0.717, 1.165) is 69.6 Å². The molecule has 6 nitrogen and oxygen atoms in total. The van der Waals surface area contributed by atoms with E-state index in [1.54, 1.807) is 0 Å². The molecule has 0 saturated carbocycles. The second-order valence-corrected chi connectivity index (χ2v) is 18.2. The number of hydrogen-bond donors (Lipinski definition) is 0. The summed E-state index contributed by atoms with van der Waals surface area (Å²) in [6.45, 7) is 11.4. The number of hydrogen-bond acceptors (Lipinski definition) is 6. The molecule has 338 valence electrons. The Bertz CT molecular complexity index is 872. The minimum atomic E-state index is -0.760. The average molecular weight is 807 g/mol. The van der Waals surface area contributed by atoms with Gasteiger partial charge in [-0.3, -0.25) is 14.4 Å². The molecule has 0 fully saturated rings. The van der Waals surface area contributed by atoms with E-state index in [0.29, 0.717) is 19.3 Å². The normalized spacial score (nSPS) is 12.5. The minimum Gasteiger partial charge on any atom is -0.462 e. The molecule has 0 aromatic rings. The van der Waals surface area contributed by atoms with Crippen molar-refractivity contribution in [2.75, 3.05) is 13.2 Å². The van der Waals surface area contributed by atoms with Crippen LogP contribution < -0.4 is 0 Å². The molecule has 1 unspecified atom stereocenters. The number of esters is 3. The van der Waals surface area contributed by atoms with Gasteiger partial charge < -0.3 is 14.2 Å². The number of rotatable bonds is 45. The molecule has 0 aromatic carbocycles. The molecular formula is C51H98O6. The molecule has 6 heteroatoms. The van der Waals surface area contributed by atoms with Gasteiger partial charge in [0.25, 0.3) is 0 Å². The maximum Gasteiger partial charge on any atom is 0.306 e. The van der Waals surface area contributed by atoms with Gasteiger partial charge in [0.05, 0.1) is 0 Å². The Morgan fingerprint density at radius 1 is 0.368 bits per heavy atom. The van der Waals surface area contributed by atoms with Crippen molar-refractivity contribution in [3.05, 3.63) is 0 Å². The number of carbonyl (C=O) groups is 3. The predicted octanol–water partition coefficient (Wildman–Crippen LogP) is 16.1. The third kappa shape index (κ3) is 43.8. The largest absolute Gasteiger partial charge is 0.462 e. The molecule has 0 aliphatic heterocycles. The van der Waals surface area contributed by atoms with E-state index >= 15 is 0 Å². The van der Waals surface area contributed by atoms with Crippen LogP contribution in [0.4, 0.5) is 0 Å². The molecule has 0 amide bonds. The van der Waals surface area contributed by atoms with Crippen LogP contribution in [0.5, 0.6) is 0 Å². The molecule has 0 aliphatic carbocycles. The van der Waals surface area contributed by atoms with E-state index in [-0.39, 0.29) is 31.1 Å². The quantitative estimate of drug-likeness (QED) is 0.0346. The van der Waals surface area contributed by atoms with Crippen molar-refractivity contribution in [2.45, 2.75) is 285 Å². The summed E-state index contributed by atoms with van der Waals surface area (Å²) in [5, 5.41) is 0. The van der Waals surface area contributed by atoms with Crippen molar-refractivity contribution in [1.82, 2.24) is 0 Å². The van der Waals surface area contributed by atoms with Crippen LogP contribution in [0.1, 0.15) is 279 Å². The van der Waals surface area contributed by atoms with Crippen LogP contribution in [0.2, 0.25) is 0 Å². The van der Waals surface area contributed by atoms with E-state index in [9.17, 15) is 14.4 Å². The molecule has 57 heavy (non-hydrogen) atoms. The molecule has 0 spiro atoms. The lowest BCUT2D eigenvalue weighted by Gasteiger charge is -2.18. The standard InChI is InChI=1S/C51H98O6/c1-6-8-9-10-24-33-38-43-51(54)57-48(45-56-50(53)42-37-32-28-23-19-15-16-20-25-29-34-39-46(3)4)44-55-49(52)41-36-31-27-22-18-14-12-11-13-17-21-26-30-35-40-47(5)7-2/h46-48H,6-45H2,1-5H3/t47?,48-/m1/s1. The molecule has 0 radical (unpaired) electrons. The Balaban J connectivity index is 4.17. The van der Waals surface area contributed by atoms with E-state index in [1.807, 2.05) is 0 Å². The third-order valence-corrected chi connectivity index (χ3v) is 11.8. The first kappa shape index (κ1) is 55.4. The molecular weight excluding hydrogens is 709 g/mol. The smallest absolute Gasteiger partial charge is 0.306 e. The van der Waals surface area contributed by atoms with Crippen LogP contribution in [-0.4, -0.2) is 37.2 Å². The molecule has 0 heterocycles. The summed E-state index contributed by atoms with van der Waals surface area (Å²) in [7, 11) is 0. The summed E-state index contributed by atoms with van der Waals surface area (Å²) < 4.78 is 16.7. The van der Waals surface area contributed by atoms with E-state index in [4.69, 9.17) is 14.2 Å². The Morgan fingerprint density at radius 2 is 0.667 bits per heavy atom. The molecule has 0 aliphatic rings. The number of carbonyl (C=O) groups excluding carboxylic acids is 3. The fraction of sp³-hybridized carbons (Fsp3) is 0.941. The van der Waals surface area contributed by atoms with E-state index in [2.05, 4.69) is 34.6 Å². The summed E-state index contributed by atoms with van der Waals surface area (Å²) in [4.78, 5) is 37.7. The Hall–Kier alpha value is -1.59. The first-order valence-corrected chi connectivity index (χ1v) is 25.3. The SMILES string of the molecule is CCCCCCCCCC(=O)O[C@H](COC(=O)CCCCCCCCCCCCCCCCC(C)CC)COC(=O)CCCCCCCCCCCCCC(C)C. The van der Waals surface area contributed by atoms with Gasteiger partial charge in [0.15, 0.2) is 6.10 Å². The zero-order chi connectivity index (χ0) is 41.9. The fourth-order valence-corrected chi connectivity index (χ4v) is 7.60. The summed E-state index contributed by atoms with van der Waals surface area (Å²) >= 11 is 0. The van der Waals surface area contributed by atoms with Gasteiger partial charge in [0, 0.05) is 19.3 Å². The van der Waals surface area contributed by atoms with Gasteiger partial charge in [-0.15, -0.1) is 0 Å². The van der Waals surface area contributed by atoms with Crippen molar-refractivity contribution in [3.63, 3.8) is 0 Å². The van der Waals surface area contributed by atoms with Gasteiger partial charge in [-0.25, -0.2) is 0 Å². The van der Waals surface area contributed by atoms with Crippen molar-refractivity contribution < 1.29 is 28.6 Å². The van der Waals surface area contributed by atoms with Gasteiger partial charge >= 0.3 is 17.9 Å². The van der Waals surface area contributed by atoms with E-state index < -0.39 is 6.10 Å². The lowest BCUT2D eigenvalue weighted by Crippen LogP contribution is -2.30. The van der Waals surface area contributed by atoms with Crippen molar-refractivity contribution in [2.24, 2.45) is 11.8 Å². The molecule has 0 N–H and O–H groups in total. The van der Waals surface area contributed by atoms with Crippen LogP contribution >= 0.6 is 0 Å². The van der Waals surface area contributed by atoms with Crippen molar-refractivity contribution in [3.8, 4) is 0 Å². The van der Waals surface area contributed by atoms with Crippen LogP contribution in [0.25, 0.3) is 0 Å². The van der Waals surface area contributed by atoms with Gasteiger partial charge in [-0.05, 0) is 31.1 Å². The highest BCUT2D eigenvalue weighted by atomic mass is 16.6. The molecule has 0 bridgehead atoms. The molecule has 0 rings (SSSR count). The number of unbranched alkanes of at least 4 members (excludes halogenated alkanes) is 29. The van der Waals surface area contributed by atoms with Crippen LogP contribution in [0.3, 0.4) is 0 Å². The van der Waals surface area contributed by atoms with Gasteiger partial charge in [-0.1, -0.05) is 240 Å². The Morgan fingerprint density at radius 3 is 1.00 bits per heavy atom. The summed E-state index contributed by atoms with van der Waals surface area (Å²) in [6, 6.07) is 0. The van der Waals surface area contributed by atoms with Crippen molar-refractivity contribution >= 4 is 17.9 Å². The summed E-state index contributed by atoms with van der Waals surface area (Å²) in [6.07, 6.45) is 43.8. The topological polar surface area (TPSA) is 78.9 Å². The van der Waals surface area contributed by atoms with Crippen LogP contribution in [0.15, 0.2) is 0 Å². The molecule has 2 atom stereocenters. The Labute approximate surface area is 355 Å². The first-order valence-electron chi connectivity index (χ1n) is 25.3. The highest BCUT2D eigenvalue weighted by Gasteiger charge is 2.19. The molecule has 0 aromatic heterocycles. The van der Waals surface area contributed by atoms with Gasteiger partial charge in [0.1, 0.15) is 13.2 Å². The van der Waals surface area contributed by atoms with Crippen LogP contribution in [0, 0.1) is 11.8 Å². The third-order valence-electron chi connectivity index (χ3n) is 11.8. The maximum absolute atomic E-state index is 12.6. The lowest BCUT2D eigenvalue weighted by atomic mass is 9.99. The summed E-state index contributed by atoms with van der Waals surface area (Å²) in [5.74, 6) is 0.866.